The van der Waals surface area contributed by atoms with Crippen LogP contribution in [-0.4, -0.2) is 37.3 Å². The maximum absolute atomic E-state index is 6.32. The fourth-order valence-corrected chi connectivity index (χ4v) is 6.34. The molecular weight excluding hydrogens is 278 g/mol. The van der Waals surface area contributed by atoms with Gasteiger partial charge in [0.25, 0.3) is 0 Å². The Balaban J connectivity index is 1.68. The first-order chi connectivity index (χ1) is 10.2. The molecule has 0 aromatic heterocycles. The van der Waals surface area contributed by atoms with Gasteiger partial charge in [-0.1, -0.05) is 13.3 Å². The maximum Gasteiger partial charge on any atom is 0.0701 e. The number of nitrogens with one attached hydrogen (secondary N) is 1. The highest BCUT2D eigenvalue weighted by Crippen LogP contribution is 2.47. The van der Waals surface area contributed by atoms with Crippen molar-refractivity contribution in [2.75, 3.05) is 31.7 Å². The van der Waals surface area contributed by atoms with E-state index in [9.17, 15) is 0 Å². The number of rotatable bonds is 3. The monoisotopic (exact) mass is 311 g/mol. The van der Waals surface area contributed by atoms with Crippen LogP contribution in [0.15, 0.2) is 0 Å². The first-order valence-corrected chi connectivity index (χ1v) is 10.2. The lowest BCUT2D eigenvalue weighted by molar-refractivity contribution is -0.118. The predicted molar refractivity (Wildman–Crippen MR) is 91.9 cm³/mol. The molecule has 3 aliphatic rings. The van der Waals surface area contributed by atoms with Gasteiger partial charge in [0.15, 0.2) is 0 Å². The summed E-state index contributed by atoms with van der Waals surface area (Å²) in [5, 5.41) is 3.46. The van der Waals surface area contributed by atoms with E-state index in [2.05, 4.69) is 31.1 Å². The lowest BCUT2D eigenvalue weighted by atomic mass is 9.64. The Bertz CT molecular complexity index is 324. The van der Waals surface area contributed by atoms with Crippen LogP contribution in [0.4, 0.5) is 0 Å². The average molecular weight is 312 g/mol. The van der Waals surface area contributed by atoms with Gasteiger partial charge in [0.2, 0.25) is 0 Å². The summed E-state index contributed by atoms with van der Waals surface area (Å²) in [6.07, 6.45) is 9.60. The Hall–Kier alpha value is 0.270. The zero-order valence-electron chi connectivity index (χ0n) is 13.9. The van der Waals surface area contributed by atoms with Crippen LogP contribution in [0.25, 0.3) is 0 Å². The van der Waals surface area contributed by atoms with E-state index in [-0.39, 0.29) is 5.60 Å². The molecule has 4 atom stereocenters. The SMILES string of the molecule is CNCC1CCC(C)CC1C1CCOC2(CCSCC2)C1. The minimum atomic E-state index is 0.263. The van der Waals surface area contributed by atoms with E-state index in [1.807, 2.05) is 0 Å². The summed E-state index contributed by atoms with van der Waals surface area (Å²) >= 11 is 2.12. The topological polar surface area (TPSA) is 21.3 Å². The van der Waals surface area contributed by atoms with Gasteiger partial charge in [-0.2, -0.15) is 11.8 Å². The predicted octanol–water partition coefficient (Wildman–Crippen LogP) is 3.95. The van der Waals surface area contributed by atoms with Crippen LogP contribution in [0, 0.1) is 23.7 Å². The van der Waals surface area contributed by atoms with Crippen molar-refractivity contribution in [1.29, 1.82) is 0 Å². The molecule has 2 aliphatic heterocycles. The van der Waals surface area contributed by atoms with Gasteiger partial charge in [-0.15, -0.1) is 0 Å². The summed E-state index contributed by atoms with van der Waals surface area (Å²) in [5.41, 5.74) is 0.263. The molecule has 0 aromatic carbocycles. The highest BCUT2D eigenvalue weighted by Gasteiger charge is 2.43. The Morgan fingerprint density at radius 3 is 2.76 bits per heavy atom. The molecule has 21 heavy (non-hydrogen) atoms. The molecule has 0 radical (unpaired) electrons. The van der Waals surface area contributed by atoms with Gasteiger partial charge in [0.05, 0.1) is 5.60 Å². The highest BCUT2D eigenvalue weighted by atomic mass is 32.2. The zero-order chi connectivity index (χ0) is 14.7. The van der Waals surface area contributed by atoms with Crippen LogP contribution in [0.1, 0.15) is 51.9 Å². The summed E-state index contributed by atoms with van der Waals surface area (Å²) in [6, 6.07) is 0. The van der Waals surface area contributed by atoms with Crippen molar-refractivity contribution >= 4 is 11.8 Å². The number of hydrogen-bond donors (Lipinski definition) is 1. The van der Waals surface area contributed by atoms with Gasteiger partial charge in [0, 0.05) is 6.61 Å². The summed E-state index contributed by atoms with van der Waals surface area (Å²) in [4.78, 5) is 0. The highest BCUT2D eigenvalue weighted by molar-refractivity contribution is 7.99. The van der Waals surface area contributed by atoms with Gasteiger partial charge in [-0.25, -0.2) is 0 Å². The molecule has 4 unspecified atom stereocenters. The fourth-order valence-electron chi connectivity index (χ4n) is 5.10. The summed E-state index contributed by atoms with van der Waals surface area (Å²) < 4.78 is 6.32. The van der Waals surface area contributed by atoms with Crippen LogP contribution < -0.4 is 5.32 Å². The second-order valence-corrected chi connectivity index (χ2v) is 9.02. The lowest BCUT2D eigenvalue weighted by Gasteiger charge is -2.48. The van der Waals surface area contributed by atoms with Crippen molar-refractivity contribution < 1.29 is 4.74 Å². The van der Waals surface area contributed by atoms with Crippen molar-refractivity contribution in [3.05, 3.63) is 0 Å². The van der Waals surface area contributed by atoms with E-state index >= 15 is 0 Å². The molecule has 0 aromatic rings. The van der Waals surface area contributed by atoms with Gasteiger partial charge < -0.3 is 10.1 Å². The Labute approximate surface area is 135 Å². The Kier molecular flexibility index (Phi) is 5.55. The molecule has 2 nitrogen and oxygen atoms in total. The molecule has 1 saturated carbocycles. The molecule has 2 heterocycles. The van der Waals surface area contributed by atoms with Gasteiger partial charge in [-0.05, 0) is 87.3 Å². The maximum atomic E-state index is 6.32. The fraction of sp³-hybridized carbons (Fsp3) is 1.00. The van der Waals surface area contributed by atoms with Crippen LogP contribution >= 0.6 is 11.8 Å². The van der Waals surface area contributed by atoms with E-state index in [4.69, 9.17) is 4.74 Å². The zero-order valence-corrected chi connectivity index (χ0v) is 14.7. The van der Waals surface area contributed by atoms with Gasteiger partial charge >= 0.3 is 0 Å². The van der Waals surface area contributed by atoms with Crippen molar-refractivity contribution in [3.63, 3.8) is 0 Å². The molecule has 1 spiro atoms. The quantitative estimate of drug-likeness (QED) is 0.852. The third kappa shape index (κ3) is 3.79. The largest absolute Gasteiger partial charge is 0.375 e. The third-order valence-corrected chi connectivity index (χ3v) is 7.30. The number of hydrogen-bond acceptors (Lipinski definition) is 3. The van der Waals surface area contributed by atoms with Crippen LogP contribution in [0.5, 0.6) is 0 Å². The summed E-state index contributed by atoms with van der Waals surface area (Å²) in [5.74, 6) is 6.33. The smallest absolute Gasteiger partial charge is 0.0701 e. The second kappa shape index (κ2) is 7.23. The molecule has 0 amide bonds. The third-order valence-electron chi connectivity index (χ3n) is 6.32. The molecular formula is C18H33NOS. The van der Waals surface area contributed by atoms with Crippen molar-refractivity contribution in [2.45, 2.75) is 57.5 Å². The molecule has 2 saturated heterocycles. The van der Waals surface area contributed by atoms with Gasteiger partial charge in [-0.3, -0.25) is 0 Å². The second-order valence-electron chi connectivity index (χ2n) is 7.80. The minimum Gasteiger partial charge on any atom is -0.375 e. The first kappa shape index (κ1) is 16.1. The first-order valence-electron chi connectivity index (χ1n) is 9.09. The van der Waals surface area contributed by atoms with E-state index < -0.39 is 0 Å². The molecule has 1 aliphatic carbocycles. The normalized spacial score (nSPS) is 40.3. The molecule has 3 fully saturated rings. The lowest BCUT2D eigenvalue weighted by Crippen LogP contribution is -2.46. The van der Waals surface area contributed by atoms with E-state index in [1.165, 1.54) is 63.0 Å². The van der Waals surface area contributed by atoms with Crippen molar-refractivity contribution in [3.8, 4) is 0 Å². The van der Waals surface area contributed by atoms with Crippen molar-refractivity contribution in [1.82, 2.24) is 5.32 Å². The van der Waals surface area contributed by atoms with E-state index in [0.29, 0.717) is 0 Å². The van der Waals surface area contributed by atoms with Gasteiger partial charge in [0.1, 0.15) is 0 Å². The Morgan fingerprint density at radius 1 is 1.19 bits per heavy atom. The Morgan fingerprint density at radius 2 is 2.00 bits per heavy atom. The average Bonchev–Trinajstić information content (AvgIpc) is 2.50. The number of ether oxygens (including phenoxy) is 1. The summed E-state index contributed by atoms with van der Waals surface area (Å²) in [6.45, 7) is 4.71. The molecule has 1 N–H and O–H groups in total. The van der Waals surface area contributed by atoms with Crippen LogP contribution in [-0.2, 0) is 4.74 Å². The van der Waals surface area contributed by atoms with E-state index in [0.717, 1.165) is 30.3 Å². The molecule has 122 valence electrons. The van der Waals surface area contributed by atoms with E-state index in [1.54, 1.807) is 0 Å². The molecule has 0 bridgehead atoms. The summed E-state index contributed by atoms with van der Waals surface area (Å²) in [7, 11) is 2.12. The van der Waals surface area contributed by atoms with Crippen LogP contribution in [0.2, 0.25) is 0 Å². The molecule has 3 rings (SSSR count). The number of thioether (sulfide) groups is 1. The standard InChI is InChI=1S/C18H33NOS/c1-14-3-4-16(13-19-2)17(11-14)15-5-8-20-18(12-15)6-9-21-10-7-18/h14-17,19H,3-13H2,1-2H3. The van der Waals surface area contributed by atoms with Crippen LogP contribution in [0.3, 0.4) is 0 Å². The minimum absolute atomic E-state index is 0.263. The van der Waals surface area contributed by atoms with Crippen molar-refractivity contribution in [2.24, 2.45) is 23.7 Å². The molecule has 3 heteroatoms.